The first-order valence-electron chi connectivity index (χ1n) is 11.8. The second-order valence-electron chi connectivity index (χ2n) is 8.43. The molecule has 3 aromatic carbocycles. The molecule has 0 saturated heterocycles. The Hall–Kier alpha value is -2.77. The summed E-state index contributed by atoms with van der Waals surface area (Å²) in [6.07, 6.45) is 3.45. The maximum atomic E-state index is 12.3. The summed E-state index contributed by atoms with van der Waals surface area (Å²) in [5.74, 6) is 1.93. The van der Waals surface area contributed by atoms with Gasteiger partial charge < -0.3 is 4.74 Å². The van der Waals surface area contributed by atoms with Gasteiger partial charge in [0.15, 0.2) is 0 Å². The molecule has 3 aromatic rings. The second-order valence-corrected chi connectivity index (χ2v) is 11.3. The van der Waals surface area contributed by atoms with Crippen LogP contribution >= 0.6 is 11.8 Å². The molecule has 5 nitrogen and oxygen atoms in total. The number of methoxy groups -OCH3 is 1. The average molecular weight is 512 g/mol. The summed E-state index contributed by atoms with van der Waals surface area (Å²) < 4.78 is 31.6. The summed E-state index contributed by atoms with van der Waals surface area (Å²) >= 11 is 1.79. The first kappa shape index (κ1) is 26.8. The van der Waals surface area contributed by atoms with Crippen molar-refractivity contribution in [1.82, 2.24) is 4.72 Å². The molecule has 7 heteroatoms. The monoisotopic (exact) mass is 511 g/mol. The van der Waals surface area contributed by atoms with Gasteiger partial charge in [-0.1, -0.05) is 74.7 Å². The molecule has 35 heavy (non-hydrogen) atoms. The molecule has 186 valence electrons. The van der Waals surface area contributed by atoms with Crippen molar-refractivity contribution in [3.63, 3.8) is 0 Å². The van der Waals surface area contributed by atoms with E-state index >= 15 is 0 Å². The highest BCUT2D eigenvalue weighted by molar-refractivity contribution is 7.97. The van der Waals surface area contributed by atoms with Gasteiger partial charge in [0.2, 0.25) is 10.0 Å². The van der Waals surface area contributed by atoms with Gasteiger partial charge in [-0.05, 0) is 52.9 Å². The van der Waals surface area contributed by atoms with Crippen LogP contribution in [0.2, 0.25) is 0 Å². The first-order valence-corrected chi connectivity index (χ1v) is 14.7. The fraction of sp³-hybridized carbons (Fsp3) is 0.321. The molecule has 0 aliphatic rings. The number of hydrogen-bond acceptors (Lipinski definition) is 5. The summed E-state index contributed by atoms with van der Waals surface area (Å²) in [5, 5.41) is 0. The first-order chi connectivity index (χ1) is 16.9. The number of rotatable bonds is 13. The minimum absolute atomic E-state index is 0.0193. The molecular weight excluding hydrogens is 478 g/mol. The zero-order valence-corrected chi connectivity index (χ0v) is 22.0. The highest BCUT2D eigenvalue weighted by Crippen LogP contribution is 2.24. The van der Waals surface area contributed by atoms with Crippen LogP contribution in [0.4, 0.5) is 0 Å². The van der Waals surface area contributed by atoms with Gasteiger partial charge >= 0.3 is 0 Å². The van der Waals surface area contributed by atoms with E-state index in [0.717, 1.165) is 47.6 Å². The SMILES string of the molecule is CCCCCCS(=O)(=O)NC(=O)c1ccc(CSCc2ccc(-c3ccc(OC)cc3)cc2)cc1. The van der Waals surface area contributed by atoms with Gasteiger partial charge in [0.05, 0.1) is 12.9 Å². The van der Waals surface area contributed by atoms with Crippen LogP contribution < -0.4 is 9.46 Å². The van der Waals surface area contributed by atoms with Crippen molar-refractivity contribution < 1.29 is 17.9 Å². The van der Waals surface area contributed by atoms with Crippen LogP contribution in [0.3, 0.4) is 0 Å². The number of nitrogens with one attached hydrogen (secondary N) is 1. The van der Waals surface area contributed by atoms with Gasteiger partial charge in [0.1, 0.15) is 5.75 Å². The van der Waals surface area contributed by atoms with Crippen molar-refractivity contribution in [3.05, 3.63) is 89.5 Å². The van der Waals surface area contributed by atoms with Gasteiger partial charge in [-0.2, -0.15) is 11.8 Å². The number of hydrogen-bond donors (Lipinski definition) is 1. The van der Waals surface area contributed by atoms with Crippen molar-refractivity contribution in [3.8, 4) is 16.9 Å². The molecule has 3 rings (SSSR count). The van der Waals surface area contributed by atoms with Gasteiger partial charge in [-0.3, -0.25) is 4.79 Å². The Morgan fingerprint density at radius 1 is 0.800 bits per heavy atom. The zero-order chi connectivity index (χ0) is 25.1. The molecule has 0 atom stereocenters. The highest BCUT2D eigenvalue weighted by Gasteiger charge is 2.15. The van der Waals surface area contributed by atoms with Crippen molar-refractivity contribution in [2.75, 3.05) is 12.9 Å². The van der Waals surface area contributed by atoms with Crippen LogP contribution in [-0.4, -0.2) is 27.2 Å². The van der Waals surface area contributed by atoms with E-state index in [1.54, 1.807) is 31.0 Å². The van der Waals surface area contributed by atoms with Gasteiger partial charge in [-0.25, -0.2) is 13.1 Å². The van der Waals surface area contributed by atoms with Crippen molar-refractivity contribution in [1.29, 1.82) is 0 Å². The normalized spacial score (nSPS) is 11.3. The predicted octanol–water partition coefficient (Wildman–Crippen LogP) is 6.44. The van der Waals surface area contributed by atoms with Gasteiger partial charge in [0, 0.05) is 17.1 Å². The Kier molecular flexibility index (Phi) is 10.2. The molecule has 1 amide bonds. The fourth-order valence-corrected chi connectivity index (χ4v) is 5.63. The predicted molar refractivity (Wildman–Crippen MR) is 145 cm³/mol. The molecule has 0 heterocycles. The minimum atomic E-state index is -3.60. The summed E-state index contributed by atoms with van der Waals surface area (Å²) in [6.45, 7) is 2.07. The van der Waals surface area contributed by atoms with Crippen LogP contribution in [0.1, 0.15) is 54.1 Å². The van der Waals surface area contributed by atoms with Crippen LogP contribution in [0, 0.1) is 0 Å². The summed E-state index contributed by atoms with van der Waals surface area (Å²) in [7, 11) is -1.93. The van der Waals surface area contributed by atoms with E-state index in [0.29, 0.717) is 12.0 Å². The Morgan fingerprint density at radius 3 is 1.89 bits per heavy atom. The van der Waals surface area contributed by atoms with Crippen LogP contribution in [0.5, 0.6) is 5.75 Å². The van der Waals surface area contributed by atoms with Crippen LogP contribution in [0.25, 0.3) is 11.1 Å². The molecule has 0 fully saturated rings. The second kappa shape index (κ2) is 13.4. The lowest BCUT2D eigenvalue weighted by Gasteiger charge is -2.08. The fourth-order valence-electron chi connectivity index (χ4n) is 3.59. The number of amides is 1. The van der Waals surface area contributed by atoms with Gasteiger partial charge in [-0.15, -0.1) is 0 Å². The molecule has 0 spiro atoms. The molecule has 0 unspecified atom stereocenters. The van der Waals surface area contributed by atoms with E-state index in [2.05, 4.69) is 48.0 Å². The Morgan fingerprint density at radius 2 is 1.34 bits per heavy atom. The number of sulfonamides is 1. The number of unbranched alkanes of at least 4 members (excludes halogenated alkanes) is 3. The molecule has 0 aliphatic carbocycles. The Labute approximate surface area is 213 Å². The number of carbonyl (C=O) groups is 1. The van der Waals surface area contributed by atoms with E-state index < -0.39 is 15.9 Å². The Balaban J connectivity index is 1.45. The van der Waals surface area contributed by atoms with E-state index in [1.165, 1.54) is 11.1 Å². The molecule has 0 radical (unpaired) electrons. The zero-order valence-electron chi connectivity index (χ0n) is 20.3. The van der Waals surface area contributed by atoms with Crippen molar-refractivity contribution in [2.24, 2.45) is 0 Å². The van der Waals surface area contributed by atoms with Crippen molar-refractivity contribution >= 4 is 27.7 Å². The molecule has 0 bridgehead atoms. The third-order valence-corrected chi connectivity index (χ3v) is 8.04. The quantitative estimate of drug-likeness (QED) is 0.268. The average Bonchev–Trinajstić information content (AvgIpc) is 2.87. The summed E-state index contributed by atoms with van der Waals surface area (Å²) in [5.41, 5.74) is 5.00. The maximum Gasteiger partial charge on any atom is 0.264 e. The molecule has 0 saturated carbocycles. The van der Waals surface area contributed by atoms with E-state index in [-0.39, 0.29) is 5.75 Å². The van der Waals surface area contributed by atoms with E-state index in [9.17, 15) is 13.2 Å². The third-order valence-electron chi connectivity index (χ3n) is 5.65. The lowest BCUT2D eigenvalue weighted by atomic mass is 10.0. The highest BCUT2D eigenvalue weighted by atomic mass is 32.2. The van der Waals surface area contributed by atoms with Gasteiger partial charge in [0.25, 0.3) is 5.91 Å². The number of benzene rings is 3. The molecule has 1 N–H and O–H groups in total. The minimum Gasteiger partial charge on any atom is -0.497 e. The topological polar surface area (TPSA) is 72.5 Å². The smallest absolute Gasteiger partial charge is 0.264 e. The van der Waals surface area contributed by atoms with E-state index in [1.807, 2.05) is 24.3 Å². The number of thioether (sulfide) groups is 1. The van der Waals surface area contributed by atoms with Crippen LogP contribution in [-0.2, 0) is 21.5 Å². The molecular formula is C28H33NO4S2. The summed E-state index contributed by atoms with van der Waals surface area (Å²) in [6, 6.07) is 23.7. The molecule has 0 aliphatic heterocycles. The number of ether oxygens (including phenoxy) is 1. The Bertz CT molecular complexity index is 1170. The van der Waals surface area contributed by atoms with E-state index in [4.69, 9.17) is 4.74 Å². The molecule has 0 aromatic heterocycles. The standard InChI is InChI=1S/C28H33NO4S2/c1-3-4-5-6-19-35(31,32)29-28(30)26-13-9-23(10-14-26)21-34-20-22-7-11-24(12-8-22)25-15-17-27(33-2)18-16-25/h7-18H,3-6,19-21H2,1-2H3,(H,29,30). The van der Waals surface area contributed by atoms with Crippen molar-refractivity contribution in [2.45, 2.75) is 44.1 Å². The lowest BCUT2D eigenvalue weighted by Crippen LogP contribution is -2.32. The number of carbonyl (C=O) groups excluding carboxylic acids is 1. The summed E-state index contributed by atoms with van der Waals surface area (Å²) in [4.78, 5) is 12.3. The third kappa shape index (κ3) is 8.75. The van der Waals surface area contributed by atoms with Crippen LogP contribution in [0.15, 0.2) is 72.8 Å². The largest absolute Gasteiger partial charge is 0.497 e. The lowest BCUT2D eigenvalue weighted by molar-refractivity contribution is 0.0981. The maximum absolute atomic E-state index is 12.3.